The van der Waals surface area contributed by atoms with Crippen LogP contribution in [0.25, 0.3) is 22.2 Å². The Hall–Kier alpha value is -2.06. The van der Waals surface area contributed by atoms with Crippen LogP contribution in [-0.2, 0) is 0 Å². The molecule has 0 unspecified atom stereocenters. The molecular weight excluding hydrogens is 409 g/mol. The number of hydrogen-bond donors (Lipinski definition) is 2. The van der Waals surface area contributed by atoms with Gasteiger partial charge in [-0.25, -0.2) is 0 Å². The summed E-state index contributed by atoms with van der Waals surface area (Å²) in [5.41, 5.74) is 12.0. The molecule has 3 aromatic rings. The summed E-state index contributed by atoms with van der Waals surface area (Å²) < 4.78 is 0. The summed E-state index contributed by atoms with van der Waals surface area (Å²) in [5.74, 6) is 0.355. The molecule has 2 N–H and O–H groups in total. The van der Waals surface area contributed by atoms with E-state index in [2.05, 4.69) is 52.7 Å². The number of nitrogens with zero attached hydrogens (tertiary/aromatic N) is 1. The zero-order valence-corrected chi connectivity index (χ0v) is 19.6. The third kappa shape index (κ3) is 4.49. The van der Waals surface area contributed by atoms with Gasteiger partial charge in [0.2, 0.25) is 0 Å². The Labute approximate surface area is 172 Å². The number of aromatic nitrogens is 2. The van der Waals surface area contributed by atoms with Gasteiger partial charge in [-0.1, -0.05) is 0 Å². The Balaban J connectivity index is 2.03. The van der Waals surface area contributed by atoms with Crippen LogP contribution in [0.1, 0.15) is 47.1 Å². The molecule has 0 spiro atoms. The zero-order valence-electron chi connectivity index (χ0n) is 17.7. The molecule has 0 bridgehead atoms. The molecule has 0 aliphatic rings. The third-order valence-electron chi connectivity index (χ3n) is 4.89. The van der Waals surface area contributed by atoms with Gasteiger partial charge in [-0.05, 0) is 13.8 Å². The number of hydrogen-bond acceptors (Lipinski definition) is 2. The summed E-state index contributed by atoms with van der Waals surface area (Å²) in [4.78, 5) is 20.7. The number of amides is 1. The van der Waals surface area contributed by atoms with Crippen molar-refractivity contribution in [2.75, 3.05) is 6.54 Å². The van der Waals surface area contributed by atoms with E-state index in [4.69, 9.17) is 0 Å². The number of H-pyrrole nitrogens is 1. The van der Waals surface area contributed by atoms with Gasteiger partial charge in [0.1, 0.15) is 0 Å². The summed E-state index contributed by atoms with van der Waals surface area (Å²) in [6.07, 6.45) is 0. The van der Waals surface area contributed by atoms with Crippen LogP contribution in [0.4, 0.5) is 0 Å². The first-order valence-corrected chi connectivity index (χ1v) is 14.9. The summed E-state index contributed by atoms with van der Waals surface area (Å²) in [6, 6.07) is 10.2. The van der Waals surface area contributed by atoms with Crippen LogP contribution in [0.3, 0.4) is 0 Å². The minimum atomic E-state index is -0.712. The first-order chi connectivity index (χ1) is 13.3. The molecule has 5 heteroatoms. The number of benzene rings is 1. The average molecular weight is 439 g/mol. The normalized spacial score (nSPS) is 11.6. The van der Waals surface area contributed by atoms with Crippen molar-refractivity contribution in [2.45, 2.75) is 50.2 Å². The van der Waals surface area contributed by atoms with Gasteiger partial charge in [0, 0.05) is 0 Å². The molecule has 0 aliphatic carbocycles. The fourth-order valence-corrected chi connectivity index (χ4v) is 4.83. The van der Waals surface area contributed by atoms with Crippen molar-refractivity contribution in [1.82, 2.24) is 15.3 Å². The van der Waals surface area contributed by atoms with E-state index in [1.54, 1.807) is 0 Å². The van der Waals surface area contributed by atoms with E-state index in [-0.39, 0.29) is 5.91 Å². The molecule has 1 amide bonds. The number of pyridine rings is 1. The van der Waals surface area contributed by atoms with Crippen molar-refractivity contribution in [2.24, 2.45) is 0 Å². The molecular formula is C23H30AsN3O. The van der Waals surface area contributed by atoms with E-state index in [0.29, 0.717) is 5.92 Å². The molecule has 0 saturated heterocycles. The maximum absolute atomic E-state index is 12.6. The van der Waals surface area contributed by atoms with Crippen LogP contribution in [0.2, 0.25) is 16.6 Å². The van der Waals surface area contributed by atoms with Gasteiger partial charge < -0.3 is 0 Å². The van der Waals surface area contributed by atoms with Crippen molar-refractivity contribution in [3.05, 3.63) is 52.8 Å². The van der Waals surface area contributed by atoms with Crippen LogP contribution in [0.15, 0.2) is 30.3 Å². The number of nitrogens with one attached hydrogen (secondary N) is 2. The van der Waals surface area contributed by atoms with E-state index in [1.165, 1.54) is 5.56 Å². The molecule has 28 heavy (non-hydrogen) atoms. The SMILES string of the molecule is Cc1cc(-c2[nH]c3ccc(C(=O)NCC[As](C)C)cc3c2C(C)C)cc(C)n1. The Morgan fingerprint density at radius 3 is 2.43 bits per heavy atom. The van der Waals surface area contributed by atoms with Gasteiger partial charge in [-0.3, -0.25) is 4.98 Å². The van der Waals surface area contributed by atoms with Gasteiger partial charge >= 0.3 is 154 Å². The zero-order chi connectivity index (χ0) is 20.4. The van der Waals surface area contributed by atoms with Gasteiger partial charge in [0.15, 0.2) is 0 Å². The fraction of sp³-hybridized carbons (Fsp3) is 0.391. The summed E-state index contributed by atoms with van der Waals surface area (Å²) in [7, 11) is 0. The summed E-state index contributed by atoms with van der Waals surface area (Å²) in [5, 5.41) is 5.34. The molecule has 0 atom stereocenters. The van der Waals surface area contributed by atoms with Crippen molar-refractivity contribution in [1.29, 1.82) is 0 Å². The molecule has 1 aromatic carbocycles. The Morgan fingerprint density at radius 1 is 1.14 bits per heavy atom. The van der Waals surface area contributed by atoms with E-state index >= 15 is 0 Å². The average Bonchev–Trinajstić information content (AvgIpc) is 2.99. The monoisotopic (exact) mass is 439 g/mol. The number of aromatic amines is 1. The van der Waals surface area contributed by atoms with Crippen LogP contribution < -0.4 is 5.32 Å². The minimum absolute atomic E-state index is 0.0193. The van der Waals surface area contributed by atoms with E-state index in [9.17, 15) is 4.79 Å². The molecule has 0 radical (unpaired) electrons. The van der Waals surface area contributed by atoms with Crippen molar-refractivity contribution < 1.29 is 4.79 Å². The summed E-state index contributed by atoms with van der Waals surface area (Å²) >= 11 is -0.712. The van der Waals surface area contributed by atoms with Crippen molar-refractivity contribution in [3.63, 3.8) is 0 Å². The molecule has 4 nitrogen and oxygen atoms in total. The predicted octanol–water partition coefficient (Wildman–Crippen LogP) is 5.45. The van der Waals surface area contributed by atoms with E-state index < -0.39 is 14.7 Å². The number of carbonyl (C=O) groups is 1. The second kappa shape index (κ2) is 8.53. The first-order valence-electron chi connectivity index (χ1n) is 9.80. The van der Waals surface area contributed by atoms with Gasteiger partial charge in [-0.15, -0.1) is 0 Å². The first kappa shape index (κ1) is 20.7. The number of carbonyl (C=O) groups excluding carboxylic acids is 1. The molecule has 0 aliphatic heterocycles. The van der Waals surface area contributed by atoms with Crippen LogP contribution >= 0.6 is 0 Å². The molecule has 2 heterocycles. The Bertz CT molecular complexity index is 984. The second-order valence-electron chi connectivity index (χ2n) is 8.03. The standard InChI is InChI=1S/C23H30AsN3O/c1-14(2)21-19-13-17(23(28)25-10-9-24(5)6)7-8-20(19)27-22(21)18-11-15(3)26-16(4)12-18/h7-8,11-14,27H,9-10H2,1-6H3,(H,25,28). The van der Waals surface area contributed by atoms with E-state index in [1.807, 2.05) is 32.0 Å². The molecule has 0 saturated carbocycles. The van der Waals surface area contributed by atoms with Crippen molar-refractivity contribution >= 4 is 31.5 Å². The number of aryl methyl sites for hydroxylation is 2. The Morgan fingerprint density at radius 2 is 1.82 bits per heavy atom. The van der Waals surface area contributed by atoms with E-state index in [0.717, 1.165) is 50.9 Å². The van der Waals surface area contributed by atoms with Crippen LogP contribution in [0.5, 0.6) is 0 Å². The quantitative estimate of drug-likeness (QED) is 0.502. The van der Waals surface area contributed by atoms with Gasteiger partial charge in [0.05, 0.1) is 0 Å². The fourth-order valence-electron chi connectivity index (χ4n) is 3.66. The Kier molecular flexibility index (Phi) is 6.29. The second-order valence-corrected chi connectivity index (χ2v) is 13.5. The molecule has 2 aromatic heterocycles. The van der Waals surface area contributed by atoms with Crippen molar-refractivity contribution in [3.8, 4) is 11.3 Å². The summed E-state index contributed by atoms with van der Waals surface area (Å²) in [6.45, 7) is 9.23. The van der Waals surface area contributed by atoms with Crippen LogP contribution in [-0.4, -0.2) is 37.1 Å². The minimum Gasteiger partial charge on any atom is -0.258 e. The molecule has 3 rings (SSSR count). The van der Waals surface area contributed by atoms with Gasteiger partial charge in [0.25, 0.3) is 0 Å². The maximum atomic E-state index is 12.6. The predicted molar refractivity (Wildman–Crippen MR) is 120 cm³/mol. The third-order valence-corrected chi connectivity index (χ3v) is 7.24. The molecule has 0 fully saturated rings. The van der Waals surface area contributed by atoms with Gasteiger partial charge in [-0.2, -0.15) is 0 Å². The van der Waals surface area contributed by atoms with Crippen LogP contribution in [0, 0.1) is 13.8 Å². The number of rotatable bonds is 6. The smallest absolute Gasteiger partial charge is 0.258 e. The topological polar surface area (TPSA) is 57.8 Å². The number of fused-ring (bicyclic) bond motifs is 1. The molecule has 148 valence electrons.